The average Bonchev–Trinajstić information content (AvgIpc) is 3.30. The number of alkyl halides is 2. The number of carbonyl (C=O) groups is 1. The summed E-state index contributed by atoms with van der Waals surface area (Å²) in [4.78, 5) is 20.3. The Morgan fingerprint density at radius 3 is 2.54 bits per heavy atom. The van der Waals surface area contributed by atoms with E-state index in [2.05, 4.69) is 24.8 Å². The Bertz CT molecular complexity index is 859. The number of amides is 1. The lowest BCUT2D eigenvalue weighted by Crippen LogP contribution is -2.27. The van der Waals surface area contributed by atoms with Crippen LogP contribution in [0.1, 0.15) is 26.7 Å². The van der Waals surface area contributed by atoms with Gasteiger partial charge in [0.05, 0.1) is 23.1 Å². The third kappa shape index (κ3) is 4.31. The Balaban J connectivity index is 0.00000109. The number of ether oxygens (including phenoxy) is 3. The Kier molecular flexibility index (Phi) is 5.95. The number of rotatable bonds is 3. The van der Waals surface area contributed by atoms with Crippen LogP contribution in [0.4, 0.5) is 14.6 Å². The van der Waals surface area contributed by atoms with E-state index < -0.39 is 12.4 Å². The molecule has 2 aliphatic rings. The maximum atomic E-state index is 13.1. The molecule has 1 N–H and O–H groups in total. The number of fused-ring (bicyclic) bond motifs is 1. The van der Waals surface area contributed by atoms with Crippen molar-refractivity contribution in [3.63, 3.8) is 0 Å². The van der Waals surface area contributed by atoms with E-state index in [1.165, 1.54) is 24.5 Å². The van der Waals surface area contributed by atoms with Gasteiger partial charge >= 0.3 is 6.29 Å². The molecule has 1 amide bonds. The van der Waals surface area contributed by atoms with Crippen LogP contribution in [0.3, 0.4) is 0 Å². The zero-order valence-electron chi connectivity index (χ0n) is 15.2. The highest BCUT2D eigenvalue weighted by atomic mass is 35.5. The van der Waals surface area contributed by atoms with Crippen LogP contribution in [0.25, 0.3) is 11.3 Å². The van der Waals surface area contributed by atoms with E-state index in [1.807, 2.05) is 13.8 Å². The van der Waals surface area contributed by atoms with Gasteiger partial charge in [0.2, 0.25) is 0 Å². The number of anilines is 1. The second-order valence-corrected chi connectivity index (χ2v) is 6.13. The number of nitrogens with one attached hydrogen (secondary N) is 1. The summed E-state index contributed by atoms with van der Waals surface area (Å²) in [5, 5.41) is 2.76. The number of halogens is 3. The van der Waals surface area contributed by atoms with E-state index in [9.17, 15) is 13.6 Å². The second kappa shape index (κ2) is 8.24. The summed E-state index contributed by atoms with van der Waals surface area (Å²) in [5.41, 5.74) is 0.669. The van der Waals surface area contributed by atoms with Crippen LogP contribution in [0, 0.1) is 0 Å². The smallest absolute Gasteiger partial charge is 0.395 e. The van der Waals surface area contributed by atoms with Crippen molar-refractivity contribution in [3.8, 4) is 22.8 Å². The topological polar surface area (TPSA) is 82.6 Å². The van der Waals surface area contributed by atoms with Gasteiger partial charge in [-0.1, -0.05) is 25.4 Å². The van der Waals surface area contributed by atoms with Gasteiger partial charge in [0.1, 0.15) is 6.10 Å². The molecular weight excluding hydrogens is 396 g/mol. The predicted octanol–water partition coefficient (Wildman–Crippen LogP) is 4.26. The lowest BCUT2D eigenvalue weighted by atomic mass is 10.1. The van der Waals surface area contributed by atoms with Crippen molar-refractivity contribution in [3.05, 3.63) is 29.5 Å². The van der Waals surface area contributed by atoms with Crippen LogP contribution in [-0.4, -0.2) is 34.9 Å². The molecule has 0 spiro atoms. The van der Waals surface area contributed by atoms with Crippen LogP contribution in [0.5, 0.6) is 11.5 Å². The SMILES string of the molecule is CC.O=C(Nc1cnc(-c2cc3c(cc2Cl)OC(F)(F)O3)cn1)C1CCCO1. The molecule has 7 nitrogen and oxygen atoms in total. The number of aromatic nitrogens is 2. The molecule has 0 radical (unpaired) electrons. The molecule has 28 heavy (non-hydrogen) atoms. The summed E-state index contributed by atoms with van der Waals surface area (Å²) in [6.07, 6.45) is -0.00269. The van der Waals surface area contributed by atoms with Crippen molar-refractivity contribution in [1.82, 2.24) is 9.97 Å². The molecule has 1 unspecified atom stereocenters. The largest absolute Gasteiger partial charge is 0.586 e. The van der Waals surface area contributed by atoms with Gasteiger partial charge in [0, 0.05) is 18.2 Å². The van der Waals surface area contributed by atoms with Crippen molar-refractivity contribution in [2.45, 2.75) is 39.1 Å². The summed E-state index contributed by atoms with van der Waals surface area (Å²) in [5.74, 6) is -0.338. The lowest BCUT2D eigenvalue weighted by molar-refractivity contribution is -0.286. The number of hydrogen-bond acceptors (Lipinski definition) is 6. The highest BCUT2D eigenvalue weighted by Gasteiger charge is 2.44. The van der Waals surface area contributed by atoms with Crippen molar-refractivity contribution in [2.24, 2.45) is 0 Å². The zero-order chi connectivity index (χ0) is 20.3. The molecule has 150 valence electrons. The van der Waals surface area contributed by atoms with E-state index in [0.29, 0.717) is 24.3 Å². The fraction of sp³-hybridized carbons (Fsp3) is 0.389. The molecule has 0 bridgehead atoms. The van der Waals surface area contributed by atoms with Gasteiger partial charge in [-0.2, -0.15) is 0 Å². The summed E-state index contributed by atoms with van der Waals surface area (Å²) in [6.45, 7) is 4.56. The lowest BCUT2D eigenvalue weighted by Gasteiger charge is -2.10. The first-order valence-electron chi connectivity index (χ1n) is 8.75. The highest BCUT2D eigenvalue weighted by Crippen LogP contribution is 2.45. The van der Waals surface area contributed by atoms with Crippen molar-refractivity contribution >= 4 is 23.3 Å². The fourth-order valence-corrected chi connectivity index (χ4v) is 2.94. The van der Waals surface area contributed by atoms with Gasteiger partial charge < -0.3 is 19.5 Å². The molecule has 0 aliphatic carbocycles. The minimum atomic E-state index is -3.73. The number of benzene rings is 1. The molecule has 1 aromatic carbocycles. The van der Waals surface area contributed by atoms with Crippen molar-refractivity contribution in [1.29, 1.82) is 0 Å². The van der Waals surface area contributed by atoms with Gasteiger partial charge in [-0.3, -0.25) is 9.78 Å². The van der Waals surface area contributed by atoms with Crippen LogP contribution in [0.2, 0.25) is 5.02 Å². The van der Waals surface area contributed by atoms with Gasteiger partial charge in [-0.25, -0.2) is 4.98 Å². The summed E-state index contributed by atoms with van der Waals surface area (Å²) >= 11 is 6.11. The highest BCUT2D eigenvalue weighted by molar-refractivity contribution is 6.33. The van der Waals surface area contributed by atoms with E-state index >= 15 is 0 Å². The Labute approximate surface area is 165 Å². The summed E-state index contributed by atoms with van der Waals surface area (Å²) in [7, 11) is 0. The molecule has 1 atom stereocenters. The predicted molar refractivity (Wildman–Crippen MR) is 97.6 cm³/mol. The van der Waals surface area contributed by atoms with Gasteiger partial charge in [-0.05, 0) is 18.9 Å². The van der Waals surface area contributed by atoms with E-state index in [1.54, 1.807) is 0 Å². The molecule has 1 saturated heterocycles. The standard InChI is InChI=1S/C16H12ClF2N3O4.C2H6/c17-9-5-13-12(25-16(18,19)26-13)4-8(9)10-6-21-14(7-20-10)22-15(23)11-2-1-3-24-11;1-2/h4-7,11H,1-3H2,(H,21,22,23);1-2H3. The molecule has 2 aliphatic heterocycles. The molecule has 0 saturated carbocycles. The molecule has 1 fully saturated rings. The van der Waals surface area contributed by atoms with Crippen LogP contribution in [0.15, 0.2) is 24.5 Å². The van der Waals surface area contributed by atoms with Gasteiger partial charge in [0.25, 0.3) is 5.91 Å². The van der Waals surface area contributed by atoms with Crippen molar-refractivity contribution < 1.29 is 27.8 Å². The molecule has 1 aromatic heterocycles. The Morgan fingerprint density at radius 2 is 1.93 bits per heavy atom. The Morgan fingerprint density at radius 1 is 1.21 bits per heavy atom. The first-order chi connectivity index (χ1) is 13.4. The molecule has 10 heteroatoms. The van der Waals surface area contributed by atoms with E-state index in [4.69, 9.17) is 16.3 Å². The maximum absolute atomic E-state index is 13.1. The monoisotopic (exact) mass is 413 g/mol. The number of carbonyl (C=O) groups excluding carboxylic acids is 1. The zero-order valence-corrected chi connectivity index (χ0v) is 15.9. The van der Waals surface area contributed by atoms with Gasteiger partial charge in [0.15, 0.2) is 17.3 Å². The average molecular weight is 414 g/mol. The fourth-order valence-electron chi connectivity index (χ4n) is 2.69. The van der Waals surface area contributed by atoms with E-state index in [0.717, 1.165) is 6.42 Å². The molecular formula is C18H18ClF2N3O4. The first kappa shape index (κ1) is 20.2. The number of nitrogens with zero attached hydrogens (tertiary/aromatic N) is 2. The second-order valence-electron chi connectivity index (χ2n) is 5.72. The van der Waals surface area contributed by atoms with Crippen molar-refractivity contribution in [2.75, 3.05) is 11.9 Å². The van der Waals surface area contributed by atoms with Crippen LogP contribution in [-0.2, 0) is 9.53 Å². The third-order valence-electron chi connectivity index (χ3n) is 3.89. The summed E-state index contributed by atoms with van der Waals surface area (Å²) < 4.78 is 40.3. The number of hydrogen-bond donors (Lipinski definition) is 1. The molecule has 3 heterocycles. The molecule has 2 aromatic rings. The minimum absolute atomic E-state index is 0.146. The summed E-state index contributed by atoms with van der Waals surface area (Å²) in [6, 6.07) is 2.52. The third-order valence-corrected chi connectivity index (χ3v) is 4.20. The van der Waals surface area contributed by atoms with Crippen LogP contribution < -0.4 is 14.8 Å². The first-order valence-corrected chi connectivity index (χ1v) is 9.13. The van der Waals surface area contributed by atoms with E-state index in [-0.39, 0.29) is 28.2 Å². The maximum Gasteiger partial charge on any atom is 0.586 e. The Hall–Kier alpha value is -2.52. The minimum Gasteiger partial charge on any atom is -0.395 e. The normalized spacial score (nSPS) is 19.0. The molecule has 4 rings (SSSR count). The van der Waals surface area contributed by atoms with Gasteiger partial charge in [-0.15, -0.1) is 8.78 Å². The van der Waals surface area contributed by atoms with Crippen LogP contribution >= 0.6 is 11.6 Å². The quantitative estimate of drug-likeness (QED) is 0.809.